The molecule has 1 fully saturated rings. The van der Waals surface area contributed by atoms with Gasteiger partial charge in [-0.05, 0) is 44.7 Å². The summed E-state index contributed by atoms with van der Waals surface area (Å²) in [7, 11) is 0. The summed E-state index contributed by atoms with van der Waals surface area (Å²) >= 11 is 0. The van der Waals surface area contributed by atoms with Gasteiger partial charge in [0.05, 0.1) is 5.41 Å². The second kappa shape index (κ2) is 4.30. The lowest BCUT2D eigenvalue weighted by molar-refractivity contribution is -0.152. The number of nitrogens with one attached hydrogen (secondary N) is 1. The van der Waals surface area contributed by atoms with Gasteiger partial charge in [-0.3, -0.25) is 4.79 Å². The molecule has 2 unspecified atom stereocenters. The molecule has 0 radical (unpaired) electrons. The van der Waals surface area contributed by atoms with E-state index in [9.17, 15) is 9.90 Å². The summed E-state index contributed by atoms with van der Waals surface area (Å²) in [6.45, 7) is 7.89. The van der Waals surface area contributed by atoms with Crippen molar-refractivity contribution in [2.45, 2.75) is 33.6 Å². The molecule has 0 bridgehead atoms. The molecule has 0 amide bonds. The summed E-state index contributed by atoms with van der Waals surface area (Å²) in [6.07, 6.45) is 1.77. The number of hydrogen-bond donors (Lipinski definition) is 2. The minimum atomic E-state index is -0.639. The number of rotatable bonds is 4. The van der Waals surface area contributed by atoms with Crippen molar-refractivity contribution in [3.63, 3.8) is 0 Å². The molecule has 0 saturated carbocycles. The third-order valence-corrected chi connectivity index (χ3v) is 3.28. The van der Waals surface area contributed by atoms with Gasteiger partial charge < -0.3 is 10.4 Å². The van der Waals surface area contributed by atoms with Crippen molar-refractivity contribution in [2.24, 2.45) is 17.3 Å². The van der Waals surface area contributed by atoms with Gasteiger partial charge in [-0.15, -0.1) is 0 Å². The Balaban J connectivity index is 2.74. The van der Waals surface area contributed by atoms with E-state index in [1.54, 1.807) is 0 Å². The van der Waals surface area contributed by atoms with E-state index in [0.29, 0.717) is 11.8 Å². The van der Waals surface area contributed by atoms with Crippen molar-refractivity contribution >= 4 is 5.97 Å². The van der Waals surface area contributed by atoms with E-state index in [1.165, 1.54) is 0 Å². The highest BCUT2D eigenvalue weighted by Crippen LogP contribution is 2.37. The average molecular weight is 199 g/mol. The Morgan fingerprint density at radius 1 is 1.64 bits per heavy atom. The van der Waals surface area contributed by atoms with Crippen molar-refractivity contribution < 1.29 is 9.90 Å². The Morgan fingerprint density at radius 3 is 2.64 bits per heavy atom. The van der Waals surface area contributed by atoms with E-state index in [2.05, 4.69) is 19.2 Å². The molecular formula is C11H21NO2. The maximum Gasteiger partial charge on any atom is 0.309 e. The third-order valence-electron chi connectivity index (χ3n) is 3.28. The fraction of sp³-hybridized carbons (Fsp3) is 0.909. The first-order valence-corrected chi connectivity index (χ1v) is 5.41. The van der Waals surface area contributed by atoms with Crippen LogP contribution in [0.25, 0.3) is 0 Å². The number of hydrogen-bond acceptors (Lipinski definition) is 2. The number of carboxylic acids is 1. The quantitative estimate of drug-likeness (QED) is 0.725. The van der Waals surface area contributed by atoms with E-state index in [1.807, 2.05) is 6.92 Å². The van der Waals surface area contributed by atoms with Crippen LogP contribution in [0.15, 0.2) is 0 Å². The summed E-state index contributed by atoms with van der Waals surface area (Å²) in [5, 5.41) is 12.6. The normalized spacial score (nSPS) is 26.4. The standard InChI is InChI=1S/C11H21NO2/c1-8(2)6-11(3,10(13)14)9-4-5-12-7-9/h8-9,12H,4-7H2,1-3H3,(H,13,14). The Bertz CT molecular complexity index is 209. The molecule has 1 heterocycles. The minimum Gasteiger partial charge on any atom is -0.481 e. The van der Waals surface area contributed by atoms with Crippen LogP contribution < -0.4 is 5.32 Å². The van der Waals surface area contributed by atoms with Crippen LogP contribution in [0.1, 0.15) is 33.6 Å². The smallest absolute Gasteiger partial charge is 0.309 e. The molecule has 0 aromatic heterocycles. The van der Waals surface area contributed by atoms with E-state index < -0.39 is 11.4 Å². The molecule has 0 spiro atoms. The van der Waals surface area contributed by atoms with Crippen molar-refractivity contribution in [1.29, 1.82) is 0 Å². The molecule has 1 rings (SSSR count). The van der Waals surface area contributed by atoms with Gasteiger partial charge in [0.2, 0.25) is 0 Å². The molecule has 2 N–H and O–H groups in total. The lowest BCUT2D eigenvalue weighted by Gasteiger charge is -2.32. The summed E-state index contributed by atoms with van der Waals surface area (Å²) in [5.74, 6) is 0.0963. The zero-order chi connectivity index (χ0) is 10.8. The molecule has 1 saturated heterocycles. The molecule has 0 aliphatic carbocycles. The van der Waals surface area contributed by atoms with Crippen LogP contribution >= 0.6 is 0 Å². The van der Waals surface area contributed by atoms with E-state index in [-0.39, 0.29) is 0 Å². The molecule has 3 heteroatoms. The van der Waals surface area contributed by atoms with Crippen LogP contribution in [0.2, 0.25) is 0 Å². The van der Waals surface area contributed by atoms with Crippen molar-refractivity contribution in [1.82, 2.24) is 5.32 Å². The number of aliphatic carboxylic acids is 1. The summed E-state index contributed by atoms with van der Waals surface area (Å²) in [5.41, 5.74) is -0.544. The summed E-state index contributed by atoms with van der Waals surface area (Å²) in [6, 6.07) is 0. The summed E-state index contributed by atoms with van der Waals surface area (Å²) < 4.78 is 0. The zero-order valence-electron chi connectivity index (χ0n) is 9.34. The average Bonchev–Trinajstić information content (AvgIpc) is 2.53. The van der Waals surface area contributed by atoms with Gasteiger partial charge in [0.25, 0.3) is 0 Å². The molecule has 3 nitrogen and oxygen atoms in total. The minimum absolute atomic E-state index is 0.294. The predicted molar refractivity (Wildman–Crippen MR) is 56.2 cm³/mol. The van der Waals surface area contributed by atoms with Gasteiger partial charge in [0.1, 0.15) is 0 Å². The first-order chi connectivity index (χ1) is 6.47. The molecule has 1 aliphatic rings. The second-order valence-corrected chi connectivity index (χ2v) is 5.01. The highest BCUT2D eigenvalue weighted by Gasteiger charge is 2.42. The van der Waals surface area contributed by atoms with Gasteiger partial charge in [0, 0.05) is 0 Å². The van der Waals surface area contributed by atoms with E-state index in [0.717, 1.165) is 25.9 Å². The van der Waals surface area contributed by atoms with Crippen LogP contribution in [0, 0.1) is 17.3 Å². The molecule has 14 heavy (non-hydrogen) atoms. The highest BCUT2D eigenvalue weighted by molar-refractivity contribution is 5.74. The van der Waals surface area contributed by atoms with Gasteiger partial charge >= 0.3 is 5.97 Å². The lowest BCUT2D eigenvalue weighted by atomic mass is 9.71. The van der Waals surface area contributed by atoms with Gasteiger partial charge in [-0.2, -0.15) is 0 Å². The van der Waals surface area contributed by atoms with Crippen LogP contribution in [0.3, 0.4) is 0 Å². The predicted octanol–water partition coefficient (Wildman–Crippen LogP) is 1.73. The highest BCUT2D eigenvalue weighted by atomic mass is 16.4. The van der Waals surface area contributed by atoms with Crippen LogP contribution in [0.4, 0.5) is 0 Å². The SMILES string of the molecule is CC(C)CC(C)(C(=O)O)C1CCNC1. The van der Waals surface area contributed by atoms with Crippen molar-refractivity contribution in [3.05, 3.63) is 0 Å². The number of carbonyl (C=O) groups is 1. The summed E-state index contributed by atoms with van der Waals surface area (Å²) in [4.78, 5) is 11.3. The maximum absolute atomic E-state index is 11.3. The molecule has 1 aliphatic heterocycles. The fourth-order valence-electron chi connectivity index (χ4n) is 2.48. The third kappa shape index (κ3) is 2.27. The Hall–Kier alpha value is -0.570. The molecule has 2 atom stereocenters. The molecular weight excluding hydrogens is 178 g/mol. The van der Waals surface area contributed by atoms with E-state index >= 15 is 0 Å². The van der Waals surface area contributed by atoms with Crippen molar-refractivity contribution in [3.8, 4) is 0 Å². The van der Waals surface area contributed by atoms with Crippen LogP contribution in [0.5, 0.6) is 0 Å². The second-order valence-electron chi connectivity index (χ2n) is 5.01. The topological polar surface area (TPSA) is 49.3 Å². The Labute approximate surface area is 85.9 Å². The van der Waals surface area contributed by atoms with Crippen LogP contribution in [-0.4, -0.2) is 24.2 Å². The lowest BCUT2D eigenvalue weighted by Crippen LogP contribution is -2.38. The number of carboxylic acid groups (broad SMARTS) is 1. The fourth-order valence-corrected chi connectivity index (χ4v) is 2.48. The zero-order valence-corrected chi connectivity index (χ0v) is 9.34. The Morgan fingerprint density at radius 2 is 2.29 bits per heavy atom. The maximum atomic E-state index is 11.3. The molecule has 82 valence electrons. The Kier molecular flexibility index (Phi) is 3.53. The first-order valence-electron chi connectivity index (χ1n) is 5.41. The molecule has 0 aromatic rings. The van der Waals surface area contributed by atoms with E-state index in [4.69, 9.17) is 0 Å². The van der Waals surface area contributed by atoms with Crippen molar-refractivity contribution in [2.75, 3.05) is 13.1 Å². The largest absolute Gasteiger partial charge is 0.481 e. The van der Waals surface area contributed by atoms with Gasteiger partial charge in [0.15, 0.2) is 0 Å². The van der Waals surface area contributed by atoms with Gasteiger partial charge in [-0.1, -0.05) is 13.8 Å². The first kappa shape index (κ1) is 11.5. The van der Waals surface area contributed by atoms with Crippen LogP contribution in [-0.2, 0) is 4.79 Å². The monoisotopic (exact) mass is 199 g/mol. The molecule has 0 aromatic carbocycles. The van der Waals surface area contributed by atoms with Gasteiger partial charge in [-0.25, -0.2) is 0 Å².